The monoisotopic (exact) mass is 156 g/mol. The predicted molar refractivity (Wildman–Crippen MR) is 37.9 cm³/mol. The molecule has 0 bridgehead atoms. The molecule has 1 N–H and O–H groups in total. The molecule has 1 heterocycles. The van der Waals surface area contributed by atoms with Crippen LogP contribution in [0.15, 0.2) is 10.3 Å². The van der Waals surface area contributed by atoms with Gasteiger partial charge in [-0.3, -0.25) is 4.79 Å². The number of ketones is 1. The van der Waals surface area contributed by atoms with Crippen molar-refractivity contribution in [2.45, 2.75) is 20.0 Å². The lowest BCUT2D eigenvalue weighted by molar-refractivity contribution is -0.123. The molecule has 1 aliphatic rings. The van der Waals surface area contributed by atoms with Gasteiger partial charge in [0.15, 0.2) is 11.5 Å². The van der Waals surface area contributed by atoms with Gasteiger partial charge in [-0.1, -0.05) is 10.3 Å². The highest BCUT2D eigenvalue weighted by molar-refractivity contribution is 6.47. The Kier molecular flexibility index (Phi) is 1.89. The van der Waals surface area contributed by atoms with E-state index in [4.69, 9.17) is 5.21 Å². The Hall–Kier alpha value is -1.39. The zero-order valence-electron chi connectivity index (χ0n) is 6.24. The van der Waals surface area contributed by atoms with Gasteiger partial charge in [-0.15, -0.1) is 0 Å². The molecule has 1 atom stereocenters. The first kappa shape index (κ1) is 7.71. The Balaban J connectivity index is 2.86. The van der Waals surface area contributed by atoms with Crippen molar-refractivity contribution < 1.29 is 14.8 Å². The third kappa shape index (κ3) is 1.21. The summed E-state index contributed by atoms with van der Waals surface area (Å²) in [4.78, 5) is 15.4. The van der Waals surface area contributed by atoms with Gasteiger partial charge in [0.2, 0.25) is 6.10 Å². The van der Waals surface area contributed by atoms with Crippen molar-refractivity contribution in [3.8, 4) is 0 Å². The highest BCUT2D eigenvalue weighted by Gasteiger charge is 2.31. The highest BCUT2D eigenvalue weighted by Crippen LogP contribution is 2.08. The molecule has 0 aromatic carbocycles. The summed E-state index contributed by atoms with van der Waals surface area (Å²) in [6, 6.07) is 0. The molecule has 0 saturated heterocycles. The average molecular weight is 156 g/mol. The van der Waals surface area contributed by atoms with Crippen molar-refractivity contribution in [2.75, 3.05) is 0 Å². The van der Waals surface area contributed by atoms with Crippen molar-refractivity contribution in [3.63, 3.8) is 0 Å². The Morgan fingerprint density at radius 3 is 2.82 bits per heavy atom. The molecule has 60 valence electrons. The van der Waals surface area contributed by atoms with Crippen LogP contribution < -0.4 is 0 Å². The molecule has 11 heavy (non-hydrogen) atoms. The van der Waals surface area contributed by atoms with E-state index in [9.17, 15) is 4.79 Å². The van der Waals surface area contributed by atoms with Crippen LogP contribution in [-0.4, -0.2) is 28.5 Å². The quantitative estimate of drug-likeness (QED) is 0.434. The van der Waals surface area contributed by atoms with Gasteiger partial charge >= 0.3 is 0 Å². The van der Waals surface area contributed by atoms with Crippen LogP contribution in [0.2, 0.25) is 0 Å². The number of carbonyl (C=O) groups excluding carboxylic acids is 1. The van der Waals surface area contributed by atoms with Crippen LogP contribution in [0.25, 0.3) is 0 Å². The van der Waals surface area contributed by atoms with Gasteiger partial charge in [-0.05, 0) is 13.8 Å². The van der Waals surface area contributed by atoms with Crippen LogP contribution in [0.1, 0.15) is 13.8 Å². The van der Waals surface area contributed by atoms with Crippen molar-refractivity contribution in [1.82, 2.24) is 0 Å². The van der Waals surface area contributed by atoms with Crippen LogP contribution >= 0.6 is 0 Å². The Morgan fingerprint density at radius 2 is 2.45 bits per heavy atom. The van der Waals surface area contributed by atoms with E-state index in [0.717, 1.165) is 0 Å². The second-order valence-electron chi connectivity index (χ2n) is 2.26. The van der Waals surface area contributed by atoms with E-state index in [-0.39, 0.29) is 11.5 Å². The van der Waals surface area contributed by atoms with Crippen molar-refractivity contribution >= 4 is 17.2 Å². The SMILES string of the molecule is CC(=O)C1ON=C(C)/C1=N\O. The maximum atomic E-state index is 10.8. The normalized spacial score (nSPS) is 26.5. The second-order valence-corrected chi connectivity index (χ2v) is 2.26. The van der Waals surface area contributed by atoms with Gasteiger partial charge in [-0.25, -0.2) is 0 Å². The number of rotatable bonds is 1. The Labute approximate surface area is 63.3 Å². The number of Topliss-reactive ketones (excluding diaryl/α,β-unsaturated/α-hetero) is 1. The van der Waals surface area contributed by atoms with E-state index in [1.165, 1.54) is 6.92 Å². The number of nitrogens with zero attached hydrogens (tertiary/aromatic N) is 2. The predicted octanol–water partition coefficient (Wildman–Crippen LogP) is 0.180. The molecule has 5 nitrogen and oxygen atoms in total. The summed E-state index contributed by atoms with van der Waals surface area (Å²) < 4.78 is 0. The first-order valence-electron chi connectivity index (χ1n) is 3.10. The van der Waals surface area contributed by atoms with Crippen LogP contribution in [-0.2, 0) is 9.63 Å². The molecule has 0 aliphatic carbocycles. The fraction of sp³-hybridized carbons (Fsp3) is 0.500. The lowest BCUT2D eigenvalue weighted by atomic mass is 10.1. The number of oxime groups is 2. The third-order valence-electron chi connectivity index (χ3n) is 1.39. The van der Waals surface area contributed by atoms with Crippen molar-refractivity contribution in [2.24, 2.45) is 10.3 Å². The minimum Gasteiger partial charge on any atom is -0.410 e. The first-order valence-corrected chi connectivity index (χ1v) is 3.10. The molecular weight excluding hydrogens is 148 g/mol. The topological polar surface area (TPSA) is 71.2 Å². The number of hydrogen-bond donors (Lipinski definition) is 1. The third-order valence-corrected chi connectivity index (χ3v) is 1.39. The molecule has 0 radical (unpaired) electrons. The van der Waals surface area contributed by atoms with E-state index < -0.39 is 6.10 Å². The molecule has 0 amide bonds. The van der Waals surface area contributed by atoms with Crippen molar-refractivity contribution in [3.05, 3.63) is 0 Å². The van der Waals surface area contributed by atoms with Crippen LogP contribution in [0, 0.1) is 0 Å². The highest BCUT2D eigenvalue weighted by atomic mass is 16.6. The molecule has 0 fully saturated rings. The van der Waals surface area contributed by atoms with Gasteiger partial charge in [-0.2, -0.15) is 0 Å². The molecule has 0 aromatic heterocycles. The van der Waals surface area contributed by atoms with E-state index >= 15 is 0 Å². The summed E-state index contributed by atoms with van der Waals surface area (Å²) in [5.74, 6) is -0.224. The van der Waals surface area contributed by atoms with Gasteiger partial charge in [0, 0.05) is 0 Å². The lowest BCUT2D eigenvalue weighted by Crippen LogP contribution is -2.28. The van der Waals surface area contributed by atoms with Gasteiger partial charge in [0.05, 0.1) is 0 Å². The van der Waals surface area contributed by atoms with Gasteiger partial charge in [0.25, 0.3) is 0 Å². The fourth-order valence-electron chi connectivity index (χ4n) is 0.810. The molecule has 0 saturated carbocycles. The van der Waals surface area contributed by atoms with Crippen molar-refractivity contribution in [1.29, 1.82) is 0 Å². The zero-order valence-corrected chi connectivity index (χ0v) is 6.24. The zero-order chi connectivity index (χ0) is 8.43. The summed E-state index contributed by atoms with van der Waals surface area (Å²) in [5.41, 5.74) is 0.630. The maximum absolute atomic E-state index is 10.8. The van der Waals surface area contributed by atoms with Crippen LogP contribution in [0.4, 0.5) is 0 Å². The van der Waals surface area contributed by atoms with E-state index in [0.29, 0.717) is 5.71 Å². The standard InChI is InChI=1S/C6H8N2O3/c1-3-5(7-10)6(4(2)9)11-8-3/h6,10H,1-2H3/b7-5+. The lowest BCUT2D eigenvalue weighted by Gasteiger charge is -2.01. The minimum absolute atomic E-state index is 0.192. The summed E-state index contributed by atoms with van der Waals surface area (Å²) >= 11 is 0. The molecule has 5 heteroatoms. The molecule has 0 spiro atoms. The van der Waals surface area contributed by atoms with E-state index in [1.54, 1.807) is 6.92 Å². The molecule has 0 aromatic rings. The largest absolute Gasteiger partial charge is 0.410 e. The van der Waals surface area contributed by atoms with Crippen LogP contribution in [0.5, 0.6) is 0 Å². The Bertz CT molecular complexity index is 244. The van der Waals surface area contributed by atoms with Gasteiger partial charge < -0.3 is 10.0 Å². The molecular formula is C6H8N2O3. The van der Waals surface area contributed by atoms with E-state index in [2.05, 4.69) is 15.1 Å². The van der Waals surface area contributed by atoms with Crippen LogP contribution in [0.3, 0.4) is 0 Å². The minimum atomic E-state index is -0.819. The maximum Gasteiger partial charge on any atom is 0.231 e. The summed E-state index contributed by atoms with van der Waals surface area (Å²) in [6.07, 6.45) is -0.819. The molecule has 1 aliphatic heterocycles. The molecule has 1 unspecified atom stereocenters. The Morgan fingerprint density at radius 1 is 1.82 bits per heavy atom. The molecule has 1 rings (SSSR count). The summed E-state index contributed by atoms with van der Waals surface area (Å²) in [6.45, 7) is 2.96. The average Bonchev–Trinajstić information content (AvgIpc) is 2.30. The smallest absolute Gasteiger partial charge is 0.231 e. The van der Waals surface area contributed by atoms with Gasteiger partial charge in [0.1, 0.15) is 5.71 Å². The summed E-state index contributed by atoms with van der Waals surface area (Å²) in [7, 11) is 0. The second kappa shape index (κ2) is 2.69. The number of carbonyl (C=O) groups is 1. The summed E-state index contributed by atoms with van der Waals surface area (Å²) in [5, 5.41) is 14.8. The van der Waals surface area contributed by atoms with E-state index in [1.807, 2.05) is 0 Å². The first-order chi connectivity index (χ1) is 5.16. The number of hydrogen-bond acceptors (Lipinski definition) is 5. The fourth-order valence-corrected chi connectivity index (χ4v) is 0.810.